The summed E-state index contributed by atoms with van der Waals surface area (Å²) in [4.78, 5) is 33.4. The number of esters is 2. The third-order valence-electron chi connectivity index (χ3n) is 2.89. The van der Waals surface area contributed by atoms with E-state index in [4.69, 9.17) is 4.55 Å². The Balaban J connectivity index is 0. The van der Waals surface area contributed by atoms with Crippen molar-refractivity contribution >= 4 is 28.0 Å². The minimum Gasteiger partial charge on any atom is -0.466 e. The van der Waals surface area contributed by atoms with Crippen molar-refractivity contribution in [2.75, 3.05) is 13.7 Å². The number of hydrogen-bond donors (Lipinski definition) is 2. The first-order chi connectivity index (χ1) is 12.2. The summed E-state index contributed by atoms with van der Waals surface area (Å²) in [6.07, 6.45) is 0. The predicted octanol–water partition coefficient (Wildman–Crippen LogP) is 1.38. The first kappa shape index (κ1) is 26.8. The lowest BCUT2D eigenvalue weighted by molar-refractivity contribution is -0.138. The number of rotatable bonds is 8. The zero-order valence-corrected chi connectivity index (χ0v) is 17.0. The van der Waals surface area contributed by atoms with Crippen LogP contribution < -0.4 is 5.32 Å². The largest absolute Gasteiger partial charge is 0.466 e. The fourth-order valence-corrected chi connectivity index (χ4v) is 2.40. The maximum absolute atomic E-state index is 11.8. The van der Waals surface area contributed by atoms with Gasteiger partial charge in [0, 0.05) is 11.1 Å². The van der Waals surface area contributed by atoms with Crippen molar-refractivity contribution in [1.29, 1.82) is 0 Å². The van der Waals surface area contributed by atoms with Gasteiger partial charge in [0.15, 0.2) is 5.37 Å². The number of ether oxygens (including phenoxy) is 2. The van der Waals surface area contributed by atoms with Gasteiger partial charge in [-0.15, -0.1) is 0 Å². The molecule has 154 valence electrons. The highest BCUT2D eigenvalue weighted by molar-refractivity contribution is 7.86. The molecule has 0 heterocycles. The number of carbonyl (C=O) groups is 3. The van der Waals surface area contributed by atoms with Crippen molar-refractivity contribution in [1.82, 2.24) is 5.32 Å². The van der Waals surface area contributed by atoms with Crippen LogP contribution >= 0.6 is 0 Å². The molecule has 0 spiro atoms. The number of carbonyl (C=O) groups excluding carboxylic acids is 3. The highest BCUT2D eigenvalue weighted by atomic mass is 32.2. The summed E-state index contributed by atoms with van der Waals surface area (Å²) in [5.41, 5.74) is -0.164. The van der Waals surface area contributed by atoms with Crippen LogP contribution in [0, 0.1) is 5.92 Å². The molecular formula is C17H27NO8S. The Morgan fingerprint density at radius 2 is 1.56 bits per heavy atom. The molecule has 0 saturated heterocycles. The summed E-state index contributed by atoms with van der Waals surface area (Å²) in [5.74, 6) is -2.66. The van der Waals surface area contributed by atoms with Gasteiger partial charge in [-0.2, -0.15) is 8.42 Å². The minimum absolute atomic E-state index is 0.104. The average molecular weight is 405 g/mol. The molecule has 2 N–H and O–H groups in total. The highest BCUT2D eigenvalue weighted by Crippen LogP contribution is 2.12. The lowest BCUT2D eigenvalue weighted by atomic mass is 10.1. The molecule has 0 aromatic heterocycles. The minimum atomic E-state index is -4.47. The summed E-state index contributed by atoms with van der Waals surface area (Å²) in [6, 6.07) is 0. The van der Waals surface area contributed by atoms with Crippen molar-refractivity contribution in [2.45, 2.75) is 33.1 Å². The van der Waals surface area contributed by atoms with Crippen LogP contribution in [0.2, 0.25) is 0 Å². The molecule has 1 amide bonds. The molecule has 0 aliphatic heterocycles. The van der Waals surface area contributed by atoms with Crippen LogP contribution in [0.15, 0.2) is 36.5 Å². The zero-order valence-electron chi connectivity index (χ0n) is 16.2. The second-order valence-corrected chi connectivity index (χ2v) is 7.14. The summed E-state index contributed by atoms with van der Waals surface area (Å²) >= 11 is 0. The average Bonchev–Trinajstić information content (AvgIpc) is 2.56. The Morgan fingerprint density at radius 1 is 1.07 bits per heavy atom. The molecule has 10 heteroatoms. The fraction of sp³-hybridized carbons (Fsp3) is 0.471. The van der Waals surface area contributed by atoms with Crippen LogP contribution in [0.4, 0.5) is 0 Å². The van der Waals surface area contributed by atoms with E-state index in [-0.39, 0.29) is 23.7 Å². The van der Waals surface area contributed by atoms with Gasteiger partial charge < -0.3 is 14.8 Å². The van der Waals surface area contributed by atoms with Gasteiger partial charge in [-0.05, 0) is 19.8 Å². The van der Waals surface area contributed by atoms with Crippen molar-refractivity contribution in [3.05, 3.63) is 36.5 Å². The Labute approximate surface area is 159 Å². The first-order valence-electron chi connectivity index (χ1n) is 7.76. The van der Waals surface area contributed by atoms with Crippen molar-refractivity contribution < 1.29 is 36.8 Å². The van der Waals surface area contributed by atoms with Crippen LogP contribution in [0.25, 0.3) is 0 Å². The van der Waals surface area contributed by atoms with Gasteiger partial charge in [0.05, 0.1) is 19.3 Å². The molecule has 9 nitrogen and oxygen atoms in total. The Hall–Kier alpha value is -2.46. The van der Waals surface area contributed by atoms with Gasteiger partial charge in [-0.25, -0.2) is 9.59 Å². The zero-order chi connectivity index (χ0) is 21.9. The number of methoxy groups -OCH3 is 1. The number of amides is 1. The van der Waals surface area contributed by atoms with Crippen LogP contribution in [0.3, 0.4) is 0 Å². The SMILES string of the molecule is C=C(C(=C)C(=O)OCC)C(=O)NC(C(C)C)S(=O)(=O)O.C=C(C)C(=O)OC. The quantitative estimate of drug-likeness (QED) is 0.267. The molecule has 0 rings (SSSR count). The summed E-state index contributed by atoms with van der Waals surface area (Å²) in [5, 5.41) is 0.591. The van der Waals surface area contributed by atoms with E-state index < -0.39 is 33.3 Å². The fourth-order valence-electron chi connectivity index (χ4n) is 1.45. The van der Waals surface area contributed by atoms with Gasteiger partial charge in [0.1, 0.15) is 0 Å². The summed E-state index contributed by atoms with van der Waals surface area (Å²) < 4.78 is 40.2. The highest BCUT2D eigenvalue weighted by Gasteiger charge is 2.30. The topological polar surface area (TPSA) is 136 Å². The van der Waals surface area contributed by atoms with Crippen molar-refractivity contribution in [2.24, 2.45) is 5.92 Å². The maximum Gasteiger partial charge on any atom is 0.338 e. The van der Waals surface area contributed by atoms with Crippen LogP contribution in [0.5, 0.6) is 0 Å². The molecular weight excluding hydrogens is 378 g/mol. The normalized spacial score (nSPS) is 11.4. The van der Waals surface area contributed by atoms with E-state index in [1.807, 2.05) is 0 Å². The molecule has 0 bridgehead atoms. The monoisotopic (exact) mass is 405 g/mol. The van der Waals surface area contributed by atoms with E-state index in [1.165, 1.54) is 21.0 Å². The molecule has 0 radical (unpaired) electrons. The predicted molar refractivity (Wildman–Crippen MR) is 100 cm³/mol. The third kappa shape index (κ3) is 10.3. The van der Waals surface area contributed by atoms with Gasteiger partial charge in [0.25, 0.3) is 16.0 Å². The van der Waals surface area contributed by atoms with E-state index >= 15 is 0 Å². The summed E-state index contributed by atoms with van der Waals surface area (Å²) in [7, 11) is -3.14. The lowest BCUT2D eigenvalue weighted by Crippen LogP contribution is -2.44. The van der Waals surface area contributed by atoms with E-state index in [0.29, 0.717) is 5.57 Å². The molecule has 0 aromatic carbocycles. The second-order valence-electron chi connectivity index (χ2n) is 5.60. The Kier molecular flexibility index (Phi) is 11.9. The van der Waals surface area contributed by atoms with E-state index in [9.17, 15) is 22.8 Å². The molecule has 1 atom stereocenters. The molecule has 27 heavy (non-hydrogen) atoms. The van der Waals surface area contributed by atoms with Crippen LogP contribution in [0.1, 0.15) is 27.7 Å². The Bertz CT molecular complexity index is 706. The maximum atomic E-state index is 11.8. The Morgan fingerprint density at radius 3 is 1.81 bits per heavy atom. The molecule has 0 aromatic rings. The summed E-state index contributed by atoms with van der Waals surface area (Å²) in [6.45, 7) is 16.4. The van der Waals surface area contributed by atoms with Crippen LogP contribution in [-0.4, -0.2) is 49.9 Å². The second kappa shape index (κ2) is 12.0. The van der Waals surface area contributed by atoms with Gasteiger partial charge >= 0.3 is 11.9 Å². The molecule has 0 aliphatic carbocycles. The van der Waals surface area contributed by atoms with Crippen LogP contribution in [-0.2, 0) is 34.0 Å². The van der Waals surface area contributed by atoms with Gasteiger partial charge in [-0.1, -0.05) is 33.6 Å². The van der Waals surface area contributed by atoms with Gasteiger partial charge in [-0.3, -0.25) is 9.35 Å². The molecule has 1 unspecified atom stereocenters. The first-order valence-corrected chi connectivity index (χ1v) is 9.27. The van der Waals surface area contributed by atoms with Crippen molar-refractivity contribution in [3.63, 3.8) is 0 Å². The van der Waals surface area contributed by atoms with Gasteiger partial charge in [0.2, 0.25) is 0 Å². The van der Waals surface area contributed by atoms with E-state index in [2.05, 4.69) is 34.5 Å². The smallest absolute Gasteiger partial charge is 0.338 e. The molecule has 0 aliphatic rings. The molecule has 0 saturated carbocycles. The standard InChI is InChI=1S/C12H19NO6S.C5H8O2/c1-6-19-12(15)9(5)8(4)10(14)13-11(7(2)3)20(16,17)18;1-4(2)5(6)7-3/h7,11H,4-6H2,1-3H3,(H,13,14)(H,16,17,18);1H2,2-3H3. The number of nitrogens with one attached hydrogen (secondary N) is 1. The van der Waals surface area contributed by atoms with E-state index in [1.54, 1.807) is 13.8 Å². The third-order valence-corrected chi connectivity index (χ3v) is 4.20. The van der Waals surface area contributed by atoms with Crippen molar-refractivity contribution in [3.8, 4) is 0 Å². The number of hydrogen-bond acceptors (Lipinski definition) is 7. The van der Waals surface area contributed by atoms with E-state index in [0.717, 1.165) is 0 Å². The lowest BCUT2D eigenvalue weighted by Gasteiger charge is -2.20. The molecule has 0 fully saturated rings.